The molecule has 41 heavy (non-hydrogen) atoms. The molecule has 0 spiro atoms. The minimum Gasteiger partial charge on any atom is -0.463 e. The summed E-state index contributed by atoms with van der Waals surface area (Å²) in [5, 5.41) is 12.0. The van der Waals surface area contributed by atoms with Gasteiger partial charge in [-0.1, -0.05) is 60.7 Å². The molecule has 11 heteroatoms. The van der Waals surface area contributed by atoms with Crippen molar-refractivity contribution in [2.24, 2.45) is 10.2 Å². The van der Waals surface area contributed by atoms with Crippen molar-refractivity contribution in [2.75, 3.05) is 26.3 Å². The minimum atomic E-state index is -4.21. The molecule has 2 aliphatic rings. The van der Waals surface area contributed by atoms with Crippen LogP contribution in [-0.2, 0) is 28.9 Å². The van der Waals surface area contributed by atoms with E-state index in [4.69, 9.17) is 9.47 Å². The highest BCUT2D eigenvalue weighted by molar-refractivity contribution is 8.19. The van der Waals surface area contributed by atoms with Crippen molar-refractivity contribution in [3.63, 3.8) is 0 Å². The maximum Gasteiger partial charge on any atom is 0.332 e. The summed E-state index contributed by atoms with van der Waals surface area (Å²) in [5.41, 5.74) is 2.45. The lowest BCUT2D eigenvalue weighted by atomic mass is 10.0. The number of allylic oxidation sites excluding steroid dienone is 2. The molecular formula is C30H34N4O6S. The summed E-state index contributed by atoms with van der Waals surface area (Å²) >= 11 is 0. The van der Waals surface area contributed by atoms with Crippen molar-refractivity contribution in [3.05, 3.63) is 95.3 Å². The average molecular weight is 579 g/mol. The third-order valence-electron chi connectivity index (χ3n) is 6.74. The highest BCUT2D eigenvalue weighted by Crippen LogP contribution is 2.36. The fourth-order valence-electron chi connectivity index (χ4n) is 4.72. The predicted molar refractivity (Wildman–Crippen MR) is 156 cm³/mol. The molecule has 2 aromatic rings. The summed E-state index contributed by atoms with van der Waals surface area (Å²) < 4.78 is 39.0. The molecule has 0 N–H and O–H groups in total. The number of sulfone groups is 1. The molecule has 0 amide bonds. The number of ether oxygens (including phenoxy) is 2. The van der Waals surface area contributed by atoms with Crippen molar-refractivity contribution in [2.45, 2.75) is 39.5 Å². The van der Waals surface area contributed by atoms with E-state index in [1.165, 1.54) is 22.2 Å². The zero-order chi connectivity index (χ0) is 29.6. The van der Waals surface area contributed by atoms with Crippen LogP contribution in [-0.4, -0.2) is 66.8 Å². The van der Waals surface area contributed by atoms with Gasteiger partial charge in [0.05, 0.1) is 38.1 Å². The third-order valence-corrected chi connectivity index (χ3v) is 8.57. The fourth-order valence-corrected chi connectivity index (χ4v) is 6.52. The van der Waals surface area contributed by atoms with Crippen LogP contribution in [0.4, 0.5) is 0 Å². The first-order valence-corrected chi connectivity index (χ1v) is 14.9. The molecule has 0 radical (unpaired) electrons. The number of hydrogen-bond donors (Lipinski definition) is 0. The smallest absolute Gasteiger partial charge is 0.332 e. The molecule has 2 atom stereocenters. The van der Waals surface area contributed by atoms with Crippen LogP contribution < -0.4 is 0 Å². The van der Waals surface area contributed by atoms with Gasteiger partial charge in [0, 0.05) is 23.5 Å². The van der Waals surface area contributed by atoms with Crippen molar-refractivity contribution < 1.29 is 27.5 Å². The number of benzene rings is 2. The Bertz CT molecular complexity index is 1390. The van der Waals surface area contributed by atoms with E-state index in [2.05, 4.69) is 10.2 Å². The molecular weight excluding hydrogens is 544 g/mol. The Labute approximate surface area is 240 Å². The zero-order valence-electron chi connectivity index (χ0n) is 23.6. The molecule has 0 aromatic heterocycles. The number of carbonyl (C=O) groups is 2. The summed E-state index contributed by atoms with van der Waals surface area (Å²) in [6.07, 6.45) is 2.60. The van der Waals surface area contributed by atoms with E-state index in [1.54, 1.807) is 27.7 Å². The first-order chi connectivity index (χ1) is 19.6. The Morgan fingerprint density at radius 1 is 0.756 bits per heavy atom. The number of rotatable bonds is 8. The van der Waals surface area contributed by atoms with Gasteiger partial charge in [-0.3, -0.25) is 10.0 Å². The van der Waals surface area contributed by atoms with Crippen LogP contribution >= 0.6 is 0 Å². The van der Waals surface area contributed by atoms with E-state index < -0.39 is 33.6 Å². The van der Waals surface area contributed by atoms with E-state index in [1.807, 2.05) is 60.7 Å². The average Bonchev–Trinajstić information content (AvgIpc) is 3.61. The van der Waals surface area contributed by atoms with Crippen molar-refractivity contribution in [1.82, 2.24) is 10.0 Å². The van der Waals surface area contributed by atoms with Crippen LogP contribution in [0.2, 0.25) is 0 Å². The second-order valence-corrected chi connectivity index (χ2v) is 11.4. The topological polar surface area (TPSA) is 118 Å². The first-order valence-electron chi connectivity index (χ1n) is 13.4. The van der Waals surface area contributed by atoms with Gasteiger partial charge >= 0.3 is 11.9 Å². The minimum absolute atomic E-state index is 0.0612. The van der Waals surface area contributed by atoms with Crippen molar-refractivity contribution in [3.8, 4) is 0 Å². The molecule has 216 valence electrons. The van der Waals surface area contributed by atoms with Gasteiger partial charge in [-0.25, -0.2) is 18.0 Å². The Kier molecular flexibility index (Phi) is 9.38. The zero-order valence-corrected chi connectivity index (χ0v) is 24.4. The van der Waals surface area contributed by atoms with Crippen LogP contribution in [0, 0.1) is 0 Å². The van der Waals surface area contributed by atoms with Crippen LogP contribution in [0.3, 0.4) is 0 Å². The summed E-state index contributed by atoms with van der Waals surface area (Å²) in [6.45, 7) is 7.67. The number of hydrogen-bond acceptors (Lipinski definition) is 10. The normalized spacial score (nSPS) is 19.6. The van der Waals surface area contributed by atoms with Gasteiger partial charge in [0.25, 0.3) is 0 Å². The van der Waals surface area contributed by atoms with Gasteiger partial charge in [0.15, 0.2) is 10.1 Å². The Morgan fingerprint density at radius 2 is 1.12 bits per heavy atom. The fraction of sp³-hybridized carbons (Fsp3) is 0.333. The molecule has 0 fully saturated rings. The standard InChI is InChI=1S/C30H34N4O6S/c1-5-39-27(35)17-21(3)33-19-25(23-13-9-7-10-14-23)29(31-33)41(37,38)30-26(24-15-11-8-12-16-24)20-34(32-30)22(4)18-28(36)40-6-2/h7-18,25-26H,5-6,19-20H2,1-4H3/b21-17+,22-18+. The number of carbonyl (C=O) groups excluding carboxylic acids is 2. The molecule has 2 aliphatic heterocycles. The molecule has 2 heterocycles. The van der Waals surface area contributed by atoms with E-state index in [9.17, 15) is 18.0 Å². The lowest BCUT2D eigenvalue weighted by Crippen LogP contribution is -2.31. The summed E-state index contributed by atoms with van der Waals surface area (Å²) in [5.74, 6) is -2.26. The lowest BCUT2D eigenvalue weighted by Gasteiger charge is -2.18. The molecule has 10 nitrogen and oxygen atoms in total. The van der Waals surface area contributed by atoms with Crippen LogP contribution in [0.5, 0.6) is 0 Å². The third kappa shape index (κ3) is 6.74. The molecule has 2 aromatic carbocycles. The number of hydrazone groups is 2. The molecule has 0 aliphatic carbocycles. The molecule has 0 saturated heterocycles. The van der Waals surface area contributed by atoms with Gasteiger partial charge in [-0.05, 0) is 38.8 Å². The monoisotopic (exact) mass is 578 g/mol. The van der Waals surface area contributed by atoms with Gasteiger partial charge < -0.3 is 9.47 Å². The summed E-state index contributed by atoms with van der Waals surface area (Å²) in [7, 11) is -4.21. The summed E-state index contributed by atoms with van der Waals surface area (Å²) in [6, 6.07) is 18.5. The maximum atomic E-state index is 14.5. The quantitative estimate of drug-likeness (QED) is 0.339. The number of nitrogens with zero attached hydrogens (tertiary/aromatic N) is 4. The molecule has 0 bridgehead atoms. The second-order valence-electron chi connectivity index (χ2n) is 9.55. The summed E-state index contributed by atoms with van der Waals surface area (Å²) in [4.78, 5) is 24.2. The van der Waals surface area contributed by atoms with E-state index >= 15 is 0 Å². The van der Waals surface area contributed by atoms with Gasteiger partial charge in [0.2, 0.25) is 9.84 Å². The number of esters is 2. The van der Waals surface area contributed by atoms with Crippen molar-refractivity contribution in [1.29, 1.82) is 0 Å². The molecule has 0 saturated carbocycles. The largest absolute Gasteiger partial charge is 0.463 e. The van der Waals surface area contributed by atoms with E-state index in [-0.39, 0.29) is 36.4 Å². The SMILES string of the molecule is CCOC(=O)/C=C(\C)N1CC(c2ccccc2)C(S(=O)(=O)C2=NN(/C(C)=C/C(=O)OCC)CC2c2ccccc2)=N1. The van der Waals surface area contributed by atoms with Crippen molar-refractivity contribution >= 4 is 31.9 Å². The maximum absolute atomic E-state index is 14.5. The van der Waals surface area contributed by atoms with Crippen LogP contribution in [0.25, 0.3) is 0 Å². The highest BCUT2D eigenvalue weighted by atomic mass is 32.2. The van der Waals surface area contributed by atoms with E-state index in [0.29, 0.717) is 11.4 Å². The van der Waals surface area contributed by atoms with Gasteiger partial charge in [0.1, 0.15) is 0 Å². The lowest BCUT2D eigenvalue weighted by molar-refractivity contribution is -0.138. The Morgan fingerprint density at radius 3 is 1.46 bits per heavy atom. The molecule has 2 unspecified atom stereocenters. The van der Waals surface area contributed by atoms with Gasteiger partial charge in [-0.2, -0.15) is 10.2 Å². The van der Waals surface area contributed by atoms with Crippen LogP contribution in [0.1, 0.15) is 50.7 Å². The van der Waals surface area contributed by atoms with Crippen LogP contribution in [0.15, 0.2) is 94.4 Å². The van der Waals surface area contributed by atoms with Gasteiger partial charge in [-0.15, -0.1) is 0 Å². The molecule has 4 rings (SSSR count). The highest BCUT2D eigenvalue weighted by Gasteiger charge is 2.45. The Hall–Kier alpha value is -4.25. The second kappa shape index (κ2) is 12.9. The van der Waals surface area contributed by atoms with E-state index in [0.717, 1.165) is 11.1 Å². The Balaban J connectivity index is 1.80. The first kappa shape index (κ1) is 29.7. The predicted octanol–water partition coefficient (Wildman–Crippen LogP) is 4.16.